The molecule has 0 amide bonds. The van der Waals surface area contributed by atoms with Crippen LogP contribution in [0.25, 0.3) is 17.1 Å². The molecule has 2 aromatic heterocycles. The Morgan fingerprint density at radius 1 is 1.04 bits per heavy atom. The Bertz CT molecular complexity index is 1000. The van der Waals surface area contributed by atoms with Crippen LogP contribution in [0.2, 0.25) is 0 Å². The molecule has 3 rings (SSSR count). The summed E-state index contributed by atoms with van der Waals surface area (Å²) in [7, 11) is 2.01. The Labute approximate surface area is 161 Å². The first-order chi connectivity index (χ1) is 13.5. The summed E-state index contributed by atoms with van der Waals surface area (Å²) in [5.74, 6) is 1.74. The van der Waals surface area contributed by atoms with Gasteiger partial charge in [0.15, 0.2) is 0 Å². The lowest BCUT2D eigenvalue weighted by Gasteiger charge is -2.18. The van der Waals surface area contributed by atoms with Crippen molar-refractivity contribution in [1.82, 2.24) is 9.55 Å². The van der Waals surface area contributed by atoms with Crippen molar-refractivity contribution in [3.8, 4) is 17.1 Å². The van der Waals surface area contributed by atoms with Crippen molar-refractivity contribution in [3.63, 3.8) is 0 Å². The molecule has 3 aromatic rings. The molecular formula is C23H30N3+. The van der Waals surface area contributed by atoms with Crippen molar-refractivity contribution in [2.45, 2.75) is 53.3 Å². The van der Waals surface area contributed by atoms with Crippen molar-refractivity contribution in [2.24, 2.45) is 7.05 Å². The van der Waals surface area contributed by atoms with Crippen LogP contribution in [0.5, 0.6) is 0 Å². The molecule has 0 bridgehead atoms. The highest BCUT2D eigenvalue weighted by Gasteiger charge is 2.26. The number of benzene rings is 1. The van der Waals surface area contributed by atoms with Gasteiger partial charge in [-0.05, 0) is 37.7 Å². The number of hydrogen-bond acceptors (Lipinski definition) is 1. The molecule has 0 aliphatic carbocycles. The Morgan fingerprint density at radius 2 is 1.69 bits per heavy atom. The molecule has 26 heavy (non-hydrogen) atoms. The molecule has 0 N–H and O–H groups in total. The topological polar surface area (TPSA) is 21.7 Å². The summed E-state index contributed by atoms with van der Waals surface area (Å²) in [5.41, 5.74) is 5.55. The number of pyridine rings is 1. The zero-order valence-electron chi connectivity index (χ0n) is 19.5. The van der Waals surface area contributed by atoms with Crippen molar-refractivity contribution in [1.29, 1.82) is 0 Å². The van der Waals surface area contributed by atoms with Crippen LogP contribution in [0.4, 0.5) is 0 Å². The molecule has 0 radical (unpaired) electrons. The largest absolute Gasteiger partial charge is 0.295 e. The van der Waals surface area contributed by atoms with Crippen LogP contribution in [0.15, 0.2) is 42.7 Å². The molecule has 0 saturated carbocycles. The molecule has 3 nitrogen and oxygen atoms in total. The van der Waals surface area contributed by atoms with Crippen LogP contribution in [0.3, 0.4) is 0 Å². The summed E-state index contributed by atoms with van der Waals surface area (Å²) in [6.45, 7) is 8.52. The number of aryl methyl sites for hydroxylation is 3. The first-order valence-corrected chi connectivity index (χ1v) is 9.21. The molecule has 0 spiro atoms. The molecule has 2 heterocycles. The minimum Gasteiger partial charge on any atom is -0.258 e. The predicted molar refractivity (Wildman–Crippen MR) is 108 cm³/mol. The fraction of sp³-hybridized carbons (Fsp3) is 0.391. The lowest BCUT2D eigenvalue weighted by Crippen LogP contribution is -2.29. The van der Waals surface area contributed by atoms with E-state index < -0.39 is 6.85 Å². The predicted octanol–water partition coefficient (Wildman–Crippen LogP) is 5.23. The van der Waals surface area contributed by atoms with Gasteiger partial charge in [-0.2, -0.15) is 4.57 Å². The average molecular weight is 352 g/mol. The van der Waals surface area contributed by atoms with E-state index in [1.165, 1.54) is 16.8 Å². The van der Waals surface area contributed by atoms with Gasteiger partial charge in [0.05, 0.1) is 18.3 Å². The number of nitrogens with zero attached hydrogens (tertiary/aromatic N) is 3. The summed E-state index contributed by atoms with van der Waals surface area (Å²) < 4.78 is 27.2. The molecule has 0 fully saturated rings. The van der Waals surface area contributed by atoms with E-state index in [4.69, 9.17) is 4.11 Å². The monoisotopic (exact) mass is 351 g/mol. The molecule has 1 aromatic carbocycles. The Hall–Kier alpha value is -2.42. The number of hydrogen-bond donors (Lipinski definition) is 0. The number of imidazole rings is 1. The van der Waals surface area contributed by atoms with E-state index in [1.807, 2.05) is 26.2 Å². The third-order valence-electron chi connectivity index (χ3n) is 4.91. The smallest absolute Gasteiger partial charge is 0.258 e. The highest BCUT2D eigenvalue weighted by Crippen LogP contribution is 2.33. The first-order valence-electron chi connectivity index (χ1n) is 10.7. The maximum atomic E-state index is 7.64. The van der Waals surface area contributed by atoms with Gasteiger partial charge in [-0.15, -0.1) is 0 Å². The van der Waals surface area contributed by atoms with Gasteiger partial charge in [-0.1, -0.05) is 45.9 Å². The molecule has 136 valence electrons. The van der Waals surface area contributed by atoms with Gasteiger partial charge in [0, 0.05) is 20.9 Å². The molecule has 0 atom stereocenters. The maximum Gasteiger partial charge on any atom is 0.295 e. The van der Waals surface area contributed by atoms with E-state index >= 15 is 0 Å². The number of aromatic nitrogens is 3. The van der Waals surface area contributed by atoms with Crippen LogP contribution >= 0.6 is 0 Å². The van der Waals surface area contributed by atoms with Crippen LogP contribution in [-0.4, -0.2) is 9.55 Å². The van der Waals surface area contributed by atoms with Crippen LogP contribution in [-0.2, 0) is 7.05 Å². The molecule has 0 saturated heterocycles. The first kappa shape index (κ1) is 14.7. The van der Waals surface area contributed by atoms with Crippen molar-refractivity contribution in [3.05, 3.63) is 65.2 Å². The lowest BCUT2D eigenvalue weighted by molar-refractivity contribution is -0.659. The van der Waals surface area contributed by atoms with Gasteiger partial charge in [-0.25, -0.2) is 4.57 Å². The summed E-state index contributed by atoms with van der Waals surface area (Å²) in [4.78, 5) is 4.40. The standard InChI is InChI=1S/C23H30N3/c1-15(2)19-9-8-10-20(16(3)4)22(19)26-14-13-25(7)23(26)21-12-11-17(5)24-18(21)6/h8-16H,1-7H3/q+1/i5D3. The summed E-state index contributed by atoms with van der Waals surface area (Å²) >= 11 is 0. The Morgan fingerprint density at radius 3 is 2.23 bits per heavy atom. The average Bonchev–Trinajstić information content (AvgIpc) is 3.01. The van der Waals surface area contributed by atoms with Gasteiger partial charge >= 0.3 is 0 Å². The quantitative estimate of drug-likeness (QED) is 0.590. The van der Waals surface area contributed by atoms with E-state index in [0.29, 0.717) is 17.5 Å². The number of rotatable bonds is 4. The van der Waals surface area contributed by atoms with E-state index in [2.05, 4.69) is 66.2 Å². The van der Waals surface area contributed by atoms with Crippen molar-refractivity contribution < 1.29 is 8.68 Å². The van der Waals surface area contributed by atoms with Crippen LogP contribution < -0.4 is 4.57 Å². The third kappa shape index (κ3) is 3.18. The molecule has 3 heteroatoms. The van der Waals surface area contributed by atoms with Crippen LogP contribution in [0.1, 0.15) is 66.2 Å². The molecular weight excluding hydrogens is 318 g/mol. The second-order valence-corrected chi connectivity index (χ2v) is 7.53. The van der Waals surface area contributed by atoms with Gasteiger partial charge in [0.25, 0.3) is 5.82 Å². The van der Waals surface area contributed by atoms with E-state index in [0.717, 1.165) is 11.4 Å². The van der Waals surface area contributed by atoms with E-state index in [1.54, 1.807) is 6.07 Å². The highest BCUT2D eigenvalue weighted by molar-refractivity contribution is 5.62. The normalized spacial score (nSPS) is 13.8. The van der Waals surface area contributed by atoms with Gasteiger partial charge in [0.2, 0.25) is 0 Å². The van der Waals surface area contributed by atoms with Gasteiger partial charge in [-0.3, -0.25) is 4.98 Å². The highest BCUT2D eigenvalue weighted by atomic mass is 15.1. The van der Waals surface area contributed by atoms with Gasteiger partial charge < -0.3 is 0 Å². The van der Waals surface area contributed by atoms with Crippen molar-refractivity contribution in [2.75, 3.05) is 0 Å². The lowest BCUT2D eigenvalue weighted by atomic mass is 9.92. The fourth-order valence-corrected chi connectivity index (χ4v) is 3.57. The minimum absolute atomic E-state index is 0.130. The van der Waals surface area contributed by atoms with Gasteiger partial charge in [0.1, 0.15) is 18.1 Å². The van der Waals surface area contributed by atoms with E-state index in [9.17, 15) is 0 Å². The maximum absolute atomic E-state index is 7.64. The Balaban J connectivity index is 2.29. The van der Waals surface area contributed by atoms with Crippen LogP contribution in [0, 0.1) is 13.8 Å². The second kappa shape index (κ2) is 7.06. The zero-order chi connectivity index (χ0) is 21.5. The fourth-order valence-electron chi connectivity index (χ4n) is 3.57. The van der Waals surface area contributed by atoms with E-state index in [-0.39, 0.29) is 5.69 Å². The molecule has 0 aliphatic heterocycles. The SMILES string of the molecule is [2H]C([2H])([2H])c1ccc(-c2n(-c3c(C(C)C)cccc3C(C)C)cc[n+]2C)c(C)n1. The van der Waals surface area contributed by atoms with Crippen molar-refractivity contribution >= 4 is 0 Å². The zero-order valence-corrected chi connectivity index (χ0v) is 16.5. The molecule has 0 unspecified atom stereocenters. The summed E-state index contributed by atoms with van der Waals surface area (Å²) in [6.07, 6.45) is 4.12. The summed E-state index contributed by atoms with van der Waals surface area (Å²) in [6, 6.07) is 10.0. The molecule has 0 aliphatic rings. The Kier molecular flexibility index (Phi) is 4.00. The summed E-state index contributed by atoms with van der Waals surface area (Å²) in [5, 5.41) is 0. The second-order valence-electron chi connectivity index (χ2n) is 7.53. The number of para-hydroxylation sites is 1. The third-order valence-corrected chi connectivity index (χ3v) is 4.91. The minimum atomic E-state index is -2.21.